The Balaban J connectivity index is 1.06. The Labute approximate surface area is 373 Å². The van der Waals surface area contributed by atoms with Gasteiger partial charge in [-0.15, -0.1) is 0 Å². The summed E-state index contributed by atoms with van der Waals surface area (Å²) >= 11 is 0. The van der Waals surface area contributed by atoms with Crippen molar-refractivity contribution >= 4 is 33.6 Å². The summed E-state index contributed by atoms with van der Waals surface area (Å²) in [7, 11) is 0. The zero-order chi connectivity index (χ0) is 42.8. The molecule has 9 aromatic carbocycles. The number of hydrogen-bond acceptors (Lipinski definition) is 3. The normalized spacial score (nSPS) is 15.0. The molecule has 304 valence electrons. The molecule has 0 spiro atoms. The maximum Gasteiger partial charge on any atom is 0.234 e. The van der Waals surface area contributed by atoms with Gasteiger partial charge in [-0.25, -0.2) is 4.99 Å². The van der Waals surface area contributed by atoms with Crippen molar-refractivity contribution in [2.75, 3.05) is 0 Å². The van der Waals surface area contributed by atoms with Crippen molar-refractivity contribution in [3.8, 4) is 55.6 Å². The molecular formula is C60H44N4. The average molecular weight is 821 g/mol. The van der Waals surface area contributed by atoms with Gasteiger partial charge in [0, 0.05) is 21.8 Å². The maximum absolute atomic E-state index is 5.40. The lowest BCUT2D eigenvalue weighted by molar-refractivity contribution is 0.660. The van der Waals surface area contributed by atoms with Crippen molar-refractivity contribution < 1.29 is 0 Å². The molecule has 2 heterocycles. The lowest BCUT2D eigenvalue weighted by Gasteiger charge is -2.25. The molecule has 1 aliphatic carbocycles. The zero-order valence-corrected chi connectivity index (χ0v) is 35.7. The molecule has 4 nitrogen and oxygen atoms in total. The van der Waals surface area contributed by atoms with Crippen molar-refractivity contribution in [1.82, 2.24) is 9.88 Å². The van der Waals surface area contributed by atoms with Gasteiger partial charge >= 0.3 is 0 Å². The van der Waals surface area contributed by atoms with Gasteiger partial charge in [-0.2, -0.15) is 4.99 Å². The minimum atomic E-state index is -0.323. The Morgan fingerprint density at radius 3 is 1.59 bits per heavy atom. The summed E-state index contributed by atoms with van der Waals surface area (Å²) in [5.74, 6) is 1.45. The number of fused-ring (bicyclic) bond motifs is 6. The number of hydrogen-bond donors (Lipinski definition) is 1. The molecule has 1 aliphatic heterocycles. The second kappa shape index (κ2) is 15.1. The summed E-state index contributed by atoms with van der Waals surface area (Å²) in [5.41, 5.74) is 18.8. The topological polar surface area (TPSA) is 41.7 Å². The van der Waals surface area contributed by atoms with Crippen LogP contribution in [-0.4, -0.2) is 16.4 Å². The average Bonchev–Trinajstić information content (AvgIpc) is 3.81. The molecule has 0 amide bonds. The molecule has 0 radical (unpaired) electrons. The number of benzene rings is 9. The fourth-order valence-electron chi connectivity index (χ4n) is 9.96. The van der Waals surface area contributed by atoms with Gasteiger partial charge in [0.25, 0.3) is 0 Å². The molecule has 0 saturated heterocycles. The van der Waals surface area contributed by atoms with Crippen LogP contribution in [0.3, 0.4) is 0 Å². The molecule has 0 bridgehead atoms. The first-order valence-electron chi connectivity index (χ1n) is 22.1. The van der Waals surface area contributed by atoms with E-state index in [4.69, 9.17) is 9.98 Å². The van der Waals surface area contributed by atoms with E-state index in [2.05, 4.69) is 230 Å². The van der Waals surface area contributed by atoms with E-state index in [1.165, 1.54) is 61.0 Å². The minimum Gasteiger partial charge on any atom is -0.344 e. The highest BCUT2D eigenvalue weighted by Gasteiger charge is 2.36. The van der Waals surface area contributed by atoms with Crippen LogP contribution in [0.25, 0.3) is 77.4 Å². The Morgan fingerprint density at radius 2 is 0.922 bits per heavy atom. The van der Waals surface area contributed by atoms with Crippen LogP contribution in [0.2, 0.25) is 0 Å². The zero-order valence-electron chi connectivity index (χ0n) is 35.7. The van der Waals surface area contributed by atoms with E-state index >= 15 is 0 Å². The standard InChI is InChI=1S/C60H44N4/c1-60(2)53-29-16-15-28-49(53)50-37-52-51-36-45(43-26-17-27-44(32-43)48-34-46(39-18-7-3-8-19-39)33-47(35-48)40-20-9-4-10-21-40)30-31-55(51)64(56(52)38-54(50)60)59-62-57(41-22-11-5-12-23-41)61-58(63-59)42-24-13-6-14-25-42/h3-38,57H,1-2H3,(H,61,62,63). The first kappa shape index (κ1) is 37.7. The predicted octanol–water partition coefficient (Wildman–Crippen LogP) is 14.7. The minimum absolute atomic E-state index is 0.174. The van der Waals surface area contributed by atoms with Crippen LogP contribution in [0.15, 0.2) is 228 Å². The highest BCUT2D eigenvalue weighted by molar-refractivity contribution is 6.19. The molecule has 0 fully saturated rings. The summed E-state index contributed by atoms with van der Waals surface area (Å²) < 4.78 is 2.30. The summed E-state index contributed by atoms with van der Waals surface area (Å²) in [4.78, 5) is 10.7. The monoisotopic (exact) mass is 820 g/mol. The molecular weight excluding hydrogens is 777 g/mol. The number of nitrogens with one attached hydrogen (secondary N) is 1. The van der Waals surface area contributed by atoms with Gasteiger partial charge in [0.15, 0.2) is 0 Å². The number of rotatable bonds is 6. The molecule has 0 saturated carbocycles. The van der Waals surface area contributed by atoms with Gasteiger partial charge in [0.2, 0.25) is 5.96 Å². The molecule has 1 N–H and O–H groups in total. The lowest BCUT2D eigenvalue weighted by atomic mass is 9.82. The van der Waals surface area contributed by atoms with Crippen molar-refractivity contribution in [3.05, 3.63) is 241 Å². The quantitative estimate of drug-likeness (QED) is 0.178. The maximum atomic E-state index is 5.40. The summed E-state index contributed by atoms with van der Waals surface area (Å²) in [6.45, 7) is 4.69. The third kappa shape index (κ3) is 6.37. The van der Waals surface area contributed by atoms with E-state index in [0.29, 0.717) is 5.96 Å². The third-order valence-corrected chi connectivity index (χ3v) is 13.2. The van der Waals surface area contributed by atoms with Gasteiger partial charge in [-0.3, -0.25) is 4.57 Å². The first-order valence-corrected chi connectivity index (χ1v) is 22.1. The Morgan fingerprint density at radius 1 is 0.406 bits per heavy atom. The molecule has 10 aromatic rings. The largest absolute Gasteiger partial charge is 0.344 e. The smallest absolute Gasteiger partial charge is 0.234 e. The Kier molecular flexibility index (Phi) is 8.87. The van der Waals surface area contributed by atoms with Crippen LogP contribution in [-0.2, 0) is 5.41 Å². The van der Waals surface area contributed by atoms with Crippen LogP contribution in [0.1, 0.15) is 42.3 Å². The van der Waals surface area contributed by atoms with Crippen molar-refractivity contribution in [1.29, 1.82) is 0 Å². The SMILES string of the molecule is CC1(C)c2ccccc2-c2cc3c4cc(-c5cccc(-c6cc(-c7ccccc7)cc(-c7ccccc7)c6)c5)ccc4n(C4=NC(c5ccccc5)NC(c5ccccc5)=N4)c3cc21. The van der Waals surface area contributed by atoms with Gasteiger partial charge in [0.05, 0.1) is 11.0 Å². The molecule has 12 rings (SSSR count). The van der Waals surface area contributed by atoms with Crippen LogP contribution in [0.5, 0.6) is 0 Å². The second-order valence-corrected chi connectivity index (χ2v) is 17.5. The van der Waals surface area contributed by atoms with Gasteiger partial charge in [-0.1, -0.05) is 184 Å². The van der Waals surface area contributed by atoms with Crippen molar-refractivity contribution in [2.45, 2.75) is 25.4 Å². The molecule has 1 unspecified atom stereocenters. The second-order valence-electron chi connectivity index (χ2n) is 17.5. The summed E-state index contributed by atoms with van der Waals surface area (Å²) in [6, 6.07) is 78.8. The van der Waals surface area contributed by atoms with Crippen LogP contribution in [0, 0.1) is 0 Å². The summed E-state index contributed by atoms with van der Waals surface area (Å²) in [5, 5.41) is 6.00. The van der Waals surface area contributed by atoms with Crippen LogP contribution >= 0.6 is 0 Å². The highest BCUT2D eigenvalue weighted by atomic mass is 15.3. The fourth-order valence-corrected chi connectivity index (χ4v) is 9.96. The Hall–Kier alpha value is -8.08. The van der Waals surface area contributed by atoms with E-state index in [0.717, 1.165) is 44.5 Å². The molecule has 1 atom stereocenters. The van der Waals surface area contributed by atoms with E-state index < -0.39 is 0 Å². The number of aliphatic imine (C=N–C) groups is 2. The third-order valence-electron chi connectivity index (χ3n) is 13.2. The van der Waals surface area contributed by atoms with Crippen molar-refractivity contribution in [3.63, 3.8) is 0 Å². The Bertz CT molecular complexity index is 3410. The fraction of sp³-hybridized carbons (Fsp3) is 0.0667. The lowest BCUT2D eigenvalue weighted by Crippen LogP contribution is -2.35. The van der Waals surface area contributed by atoms with E-state index in [-0.39, 0.29) is 11.6 Å². The van der Waals surface area contributed by atoms with Gasteiger partial charge in [0.1, 0.15) is 12.0 Å². The van der Waals surface area contributed by atoms with E-state index in [9.17, 15) is 0 Å². The molecule has 4 heteroatoms. The predicted molar refractivity (Wildman–Crippen MR) is 267 cm³/mol. The number of aromatic nitrogens is 1. The molecule has 2 aliphatic rings. The van der Waals surface area contributed by atoms with Gasteiger partial charge < -0.3 is 5.32 Å². The number of amidine groups is 1. The van der Waals surface area contributed by atoms with Crippen LogP contribution < -0.4 is 5.32 Å². The van der Waals surface area contributed by atoms with E-state index in [1.54, 1.807) is 0 Å². The van der Waals surface area contributed by atoms with Gasteiger partial charge in [-0.05, 0) is 121 Å². The first-order chi connectivity index (χ1) is 31.5. The number of nitrogens with zero attached hydrogens (tertiary/aromatic N) is 3. The van der Waals surface area contributed by atoms with E-state index in [1.807, 2.05) is 12.1 Å². The molecule has 1 aromatic heterocycles. The van der Waals surface area contributed by atoms with Crippen LogP contribution in [0.4, 0.5) is 0 Å². The molecule has 64 heavy (non-hydrogen) atoms. The van der Waals surface area contributed by atoms with Crippen molar-refractivity contribution in [2.24, 2.45) is 9.98 Å². The highest BCUT2D eigenvalue weighted by Crippen LogP contribution is 2.51. The summed E-state index contributed by atoms with van der Waals surface area (Å²) in [6.07, 6.45) is -0.323.